The number of halogens is 2. The second-order valence-corrected chi connectivity index (χ2v) is 8.06. The van der Waals surface area contributed by atoms with Crippen molar-refractivity contribution in [2.45, 2.75) is 39.3 Å². The first-order valence-electron chi connectivity index (χ1n) is 10.5. The van der Waals surface area contributed by atoms with Crippen LogP contribution >= 0.6 is 11.6 Å². The number of piperazine rings is 1. The van der Waals surface area contributed by atoms with Crippen LogP contribution in [0, 0.1) is 5.82 Å². The van der Waals surface area contributed by atoms with Crippen LogP contribution in [0.3, 0.4) is 0 Å². The van der Waals surface area contributed by atoms with Crippen molar-refractivity contribution in [3.05, 3.63) is 34.6 Å². The molecule has 1 N–H and O–H groups in total. The van der Waals surface area contributed by atoms with Crippen molar-refractivity contribution in [1.29, 1.82) is 0 Å². The Labute approximate surface area is 177 Å². The van der Waals surface area contributed by atoms with E-state index in [9.17, 15) is 9.18 Å². The third-order valence-electron chi connectivity index (χ3n) is 5.67. The normalized spacial score (nSPS) is 19.5. The Bertz CT molecular complexity index is 730. The topological polar surface area (TPSA) is 51.2 Å². The predicted octanol–water partition coefficient (Wildman–Crippen LogP) is 2.57. The van der Waals surface area contributed by atoms with Crippen LogP contribution in [0.4, 0.5) is 4.39 Å². The summed E-state index contributed by atoms with van der Waals surface area (Å²) in [6.45, 7) is 10.3. The number of amides is 1. The molecule has 2 aliphatic rings. The van der Waals surface area contributed by atoms with Gasteiger partial charge in [-0.25, -0.2) is 9.38 Å². The molecule has 1 atom stereocenters. The molecule has 3 rings (SSSR count). The first-order valence-corrected chi connectivity index (χ1v) is 10.9. The van der Waals surface area contributed by atoms with Crippen LogP contribution in [0.2, 0.25) is 5.02 Å². The standard InChI is InChI=1S/C21H31ClFN5O/c1-3-24-21(25-15-17-6-7-19(23)18(22)14-17)28-12-10-26(11-13-28)16(2)20(29)27-8-4-5-9-27/h6-7,14,16H,3-5,8-13,15H2,1-2H3,(H,24,25). The summed E-state index contributed by atoms with van der Waals surface area (Å²) in [5.41, 5.74) is 0.871. The first-order chi connectivity index (χ1) is 14.0. The van der Waals surface area contributed by atoms with Crippen LogP contribution in [0.5, 0.6) is 0 Å². The van der Waals surface area contributed by atoms with Gasteiger partial charge in [-0.2, -0.15) is 0 Å². The SMILES string of the molecule is CCNC(=NCc1ccc(F)c(Cl)c1)N1CCN(C(C)C(=O)N2CCCC2)CC1. The number of aliphatic imine (C=N–C) groups is 1. The zero-order valence-electron chi connectivity index (χ0n) is 17.3. The smallest absolute Gasteiger partial charge is 0.239 e. The van der Waals surface area contributed by atoms with E-state index in [0.717, 1.165) is 70.2 Å². The van der Waals surface area contributed by atoms with Crippen molar-refractivity contribution in [1.82, 2.24) is 20.0 Å². The second kappa shape index (κ2) is 10.3. The maximum Gasteiger partial charge on any atom is 0.239 e. The number of nitrogens with one attached hydrogen (secondary N) is 1. The number of hydrogen-bond donors (Lipinski definition) is 1. The van der Waals surface area contributed by atoms with E-state index in [2.05, 4.69) is 15.1 Å². The summed E-state index contributed by atoms with van der Waals surface area (Å²) in [6, 6.07) is 4.62. The van der Waals surface area contributed by atoms with Gasteiger partial charge in [0.15, 0.2) is 5.96 Å². The third-order valence-corrected chi connectivity index (χ3v) is 5.96. The Kier molecular flexibility index (Phi) is 7.72. The highest BCUT2D eigenvalue weighted by Crippen LogP contribution is 2.17. The van der Waals surface area contributed by atoms with Gasteiger partial charge in [0.05, 0.1) is 17.6 Å². The molecule has 29 heavy (non-hydrogen) atoms. The quantitative estimate of drug-likeness (QED) is 0.584. The monoisotopic (exact) mass is 423 g/mol. The Hall–Kier alpha value is -1.86. The predicted molar refractivity (Wildman–Crippen MR) is 115 cm³/mol. The van der Waals surface area contributed by atoms with E-state index in [0.29, 0.717) is 6.54 Å². The molecule has 8 heteroatoms. The fourth-order valence-electron chi connectivity index (χ4n) is 3.91. The Balaban J connectivity index is 1.57. The molecular formula is C21H31ClFN5O. The molecule has 1 aromatic carbocycles. The minimum absolute atomic E-state index is 0.0730. The lowest BCUT2D eigenvalue weighted by Gasteiger charge is -2.39. The van der Waals surface area contributed by atoms with Crippen molar-refractivity contribution >= 4 is 23.5 Å². The number of carbonyl (C=O) groups is 1. The van der Waals surface area contributed by atoms with E-state index in [1.54, 1.807) is 12.1 Å². The largest absolute Gasteiger partial charge is 0.357 e. The van der Waals surface area contributed by atoms with Gasteiger partial charge in [-0.05, 0) is 44.4 Å². The molecule has 2 heterocycles. The van der Waals surface area contributed by atoms with E-state index in [1.807, 2.05) is 18.7 Å². The molecule has 2 aliphatic heterocycles. The summed E-state index contributed by atoms with van der Waals surface area (Å²) in [4.78, 5) is 23.9. The fourth-order valence-corrected chi connectivity index (χ4v) is 4.11. The third kappa shape index (κ3) is 5.60. The number of guanidine groups is 1. The molecule has 6 nitrogen and oxygen atoms in total. The molecule has 0 aromatic heterocycles. The molecule has 0 spiro atoms. The van der Waals surface area contributed by atoms with Crippen molar-refractivity contribution in [2.24, 2.45) is 4.99 Å². The zero-order chi connectivity index (χ0) is 20.8. The van der Waals surface area contributed by atoms with Crippen LogP contribution in [0.25, 0.3) is 0 Å². The molecule has 0 bridgehead atoms. The Morgan fingerprint density at radius 1 is 1.17 bits per heavy atom. The van der Waals surface area contributed by atoms with E-state index in [-0.39, 0.29) is 17.0 Å². The number of rotatable bonds is 5. The van der Waals surface area contributed by atoms with Crippen molar-refractivity contribution in [3.63, 3.8) is 0 Å². The van der Waals surface area contributed by atoms with Gasteiger partial charge in [0, 0.05) is 45.8 Å². The number of likely N-dealkylation sites (tertiary alicyclic amines) is 1. The molecule has 0 aliphatic carbocycles. The minimum Gasteiger partial charge on any atom is -0.357 e. The van der Waals surface area contributed by atoms with E-state index in [1.165, 1.54) is 6.07 Å². The van der Waals surface area contributed by atoms with Gasteiger partial charge < -0.3 is 15.1 Å². The van der Waals surface area contributed by atoms with Gasteiger partial charge in [0.2, 0.25) is 5.91 Å². The van der Waals surface area contributed by atoms with Gasteiger partial charge in [0.25, 0.3) is 0 Å². The number of benzene rings is 1. The van der Waals surface area contributed by atoms with E-state index in [4.69, 9.17) is 16.6 Å². The molecule has 1 unspecified atom stereocenters. The lowest BCUT2D eigenvalue weighted by atomic mass is 10.2. The van der Waals surface area contributed by atoms with Gasteiger partial charge in [-0.3, -0.25) is 9.69 Å². The Morgan fingerprint density at radius 2 is 1.86 bits per heavy atom. The maximum absolute atomic E-state index is 13.3. The molecule has 0 radical (unpaired) electrons. The van der Waals surface area contributed by atoms with Crippen molar-refractivity contribution < 1.29 is 9.18 Å². The lowest BCUT2D eigenvalue weighted by Crippen LogP contribution is -2.57. The molecule has 1 amide bonds. The van der Waals surface area contributed by atoms with Gasteiger partial charge >= 0.3 is 0 Å². The highest BCUT2D eigenvalue weighted by atomic mass is 35.5. The van der Waals surface area contributed by atoms with Crippen LogP contribution in [0.15, 0.2) is 23.2 Å². The average molecular weight is 424 g/mol. The van der Waals surface area contributed by atoms with Crippen molar-refractivity contribution in [3.8, 4) is 0 Å². The van der Waals surface area contributed by atoms with Gasteiger partial charge in [-0.1, -0.05) is 17.7 Å². The lowest BCUT2D eigenvalue weighted by molar-refractivity contribution is -0.135. The fraction of sp³-hybridized carbons (Fsp3) is 0.619. The minimum atomic E-state index is -0.417. The maximum atomic E-state index is 13.3. The van der Waals surface area contributed by atoms with E-state index >= 15 is 0 Å². The molecule has 2 saturated heterocycles. The van der Waals surface area contributed by atoms with Crippen LogP contribution in [-0.2, 0) is 11.3 Å². The first kappa shape index (κ1) is 21.8. The number of hydrogen-bond acceptors (Lipinski definition) is 3. The zero-order valence-corrected chi connectivity index (χ0v) is 18.1. The van der Waals surface area contributed by atoms with Crippen molar-refractivity contribution in [2.75, 3.05) is 45.8 Å². The summed E-state index contributed by atoms with van der Waals surface area (Å²) < 4.78 is 13.3. The molecule has 0 saturated carbocycles. The molecule has 2 fully saturated rings. The highest BCUT2D eigenvalue weighted by molar-refractivity contribution is 6.30. The highest BCUT2D eigenvalue weighted by Gasteiger charge is 2.30. The summed E-state index contributed by atoms with van der Waals surface area (Å²) in [6.07, 6.45) is 2.24. The summed E-state index contributed by atoms with van der Waals surface area (Å²) in [5, 5.41) is 3.45. The van der Waals surface area contributed by atoms with Crippen LogP contribution in [0.1, 0.15) is 32.3 Å². The Morgan fingerprint density at radius 3 is 2.48 bits per heavy atom. The summed E-state index contributed by atoms with van der Waals surface area (Å²) in [7, 11) is 0. The second-order valence-electron chi connectivity index (χ2n) is 7.65. The van der Waals surface area contributed by atoms with E-state index < -0.39 is 5.82 Å². The molecular weight excluding hydrogens is 393 g/mol. The van der Waals surface area contributed by atoms with Crippen LogP contribution in [-0.4, -0.2) is 78.4 Å². The van der Waals surface area contributed by atoms with Gasteiger partial charge in [0.1, 0.15) is 5.82 Å². The van der Waals surface area contributed by atoms with Crippen LogP contribution < -0.4 is 5.32 Å². The number of nitrogens with zero attached hydrogens (tertiary/aromatic N) is 4. The van der Waals surface area contributed by atoms with Gasteiger partial charge in [-0.15, -0.1) is 0 Å². The average Bonchev–Trinajstić information content (AvgIpc) is 3.27. The summed E-state index contributed by atoms with van der Waals surface area (Å²) in [5.74, 6) is 0.677. The molecule has 1 aromatic rings. The number of carbonyl (C=O) groups excluding carboxylic acids is 1. The molecule has 160 valence electrons. The summed E-state index contributed by atoms with van der Waals surface area (Å²) >= 11 is 5.87.